The van der Waals surface area contributed by atoms with Gasteiger partial charge in [0.15, 0.2) is 12.4 Å². The molecule has 0 aliphatic carbocycles. The highest BCUT2D eigenvalue weighted by Crippen LogP contribution is 2.21. The third-order valence-electron chi connectivity index (χ3n) is 3.91. The van der Waals surface area contributed by atoms with Crippen molar-refractivity contribution in [3.05, 3.63) is 95.0 Å². The van der Waals surface area contributed by atoms with Crippen LogP contribution in [0.3, 0.4) is 0 Å². The maximum absolute atomic E-state index is 12.0. The van der Waals surface area contributed by atoms with E-state index in [9.17, 15) is 4.79 Å². The standard InChI is InChI=1S/C22H20ClN3O3/c23-18-11-5-6-12-19(18)25-21(27)15-29-26-22(24)17-10-4-7-13-20(17)28-14-16-8-2-1-3-9-16/h1-13H,14-15H2,(H2,24,26)(H,25,27). The first-order valence-electron chi connectivity index (χ1n) is 8.89. The van der Waals surface area contributed by atoms with E-state index >= 15 is 0 Å². The lowest BCUT2D eigenvalue weighted by atomic mass is 10.2. The van der Waals surface area contributed by atoms with E-state index in [0.717, 1.165) is 5.56 Å². The molecule has 0 aliphatic rings. The lowest BCUT2D eigenvalue weighted by molar-refractivity contribution is -0.120. The van der Waals surface area contributed by atoms with Crippen LogP contribution in [0.2, 0.25) is 5.02 Å². The summed E-state index contributed by atoms with van der Waals surface area (Å²) in [7, 11) is 0. The molecule has 0 fully saturated rings. The highest BCUT2D eigenvalue weighted by Gasteiger charge is 2.10. The number of nitrogens with zero attached hydrogens (tertiary/aromatic N) is 1. The molecule has 3 aromatic rings. The number of hydrogen-bond acceptors (Lipinski definition) is 4. The largest absolute Gasteiger partial charge is 0.488 e. The molecule has 3 N–H and O–H groups in total. The van der Waals surface area contributed by atoms with Crippen LogP contribution in [0.5, 0.6) is 5.75 Å². The van der Waals surface area contributed by atoms with E-state index in [1.807, 2.05) is 42.5 Å². The molecule has 0 unspecified atom stereocenters. The van der Waals surface area contributed by atoms with Crippen molar-refractivity contribution in [1.82, 2.24) is 0 Å². The molecule has 0 atom stereocenters. The highest BCUT2D eigenvalue weighted by molar-refractivity contribution is 6.33. The molecule has 1 amide bonds. The Labute approximate surface area is 173 Å². The Morgan fingerprint density at radius 3 is 2.45 bits per heavy atom. The Kier molecular flexibility index (Phi) is 7.08. The van der Waals surface area contributed by atoms with Gasteiger partial charge in [0.25, 0.3) is 5.91 Å². The van der Waals surface area contributed by atoms with Gasteiger partial charge in [0.1, 0.15) is 12.4 Å². The number of para-hydroxylation sites is 2. The zero-order valence-corrected chi connectivity index (χ0v) is 16.3. The summed E-state index contributed by atoms with van der Waals surface area (Å²) < 4.78 is 5.85. The van der Waals surface area contributed by atoms with Crippen LogP contribution in [0.25, 0.3) is 0 Å². The first kappa shape index (κ1) is 20.2. The summed E-state index contributed by atoms with van der Waals surface area (Å²) in [6.45, 7) is 0.0885. The van der Waals surface area contributed by atoms with Crippen molar-refractivity contribution in [2.24, 2.45) is 10.9 Å². The molecule has 7 heteroatoms. The maximum atomic E-state index is 12.0. The van der Waals surface area contributed by atoms with Crippen LogP contribution in [0, 0.1) is 0 Å². The second-order valence-corrected chi connectivity index (χ2v) is 6.46. The molecule has 29 heavy (non-hydrogen) atoms. The van der Waals surface area contributed by atoms with Crippen LogP contribution in [0.4, 0.5) is 5.69 Å². The van der Waals surface area contributed by atoms with Gasteiger partial charge in [0.2, 0.25) is 0 Å². The minimum absolute atomic E-state index is 0.110. The van der Waals surface area contributed by atoms with Gasteiger partial charge >= 0.3 is 0 Å². The van der Waals surface area contributed by atoms with Gasteiger partial charge in [-0.15, -0.1) is 0 Å². The second-order valence-electron chi connectivity index (χ2n) is 6.05. The summed E-state index contributed by atoms with van der Waals surface area (Å²) in [4.78, 5) is 17.1. The molecule has 148 valence electrons. The number of oxime groups is 1. The number of carbonyl (C=O) groups excluding carboxylic acids is 1. The predicted octanol–water partition coefficient (Wildman–Crippen LogP) is 4.19. The van der Waals surface area contributed by atoms with Gasteiger partial charge in [-0.1, -0.05) is 71.4 Å². The monoisotopic (exact) mass is 409 g/mol. The Balaban J connectivity index is 1.58. The minimum atomic E-state index is -0.400. The van der Waals surface area contributed by atoms with Gasteiger partial charge in [-0.3, -0.25) is 4.79 Å². The van der Waals surface area contributed by atoms with E-state index in [1.54, 1.807) is 36.4 Å². The van der Waals surface area contributed by atoms with Crippen molar-refractivity contribution in [2.45, 2.75) is 6.61 Å². The van der Waals surface area contributed by atoms with Gasteiger partial charge < -0.3 is 20.6 Å². The van der Waals surface area contributed by atoms with E-state index in [-0.39, 0.29) is 12.4 Å². The lowest BCUT2D eigenvalue weighted by Crippen LogP contribution is -2.20. The molecule has 0 aliphatic heterocycles. The minimum Gasteiger partial charge on any atom is -0.488 e. The van der Waals surface area contributed by atoms with Gasteiger partial charge in [-0.05, 0) is 29.8 Å². The molecule has 0 saturated heterocycles. The van der Waals surface area contributed by atoms with Crippen LogP contribution in [-0.2, 0) is 16.2 Å². The molecule has 0 spiro atoms. The first-order chi connectivity index (χ1) is 14.1. The maximum Gasteiger partial charge on any atom is 0.265 e. The van der Waals surface area contributed by atoms with Crippen molar-refractivity contribution in [3.8, 4) is 5.75 Å². The number of halogens is 1. The van der Waals surface area contributed by atoms with E-state index in [1.165, 1.54) is 0 Å². The van der Waals surface area contributed by atoms with Crippen molar-refractivity contribution in [3.63, 3.8) is 0 Å². The first-order valence-corrected chi connectivity index (χ1v) is 9.27. The summed E-state index contributed by atoms with van der Waals surface area (Å²) in [5, 5.41) is 6.92. The Hall–Kier alpha value is -3.51. The van der Waals surface area contributed by atoms with Crippen LogP contribution in [0.15, 0.2) is 84.0 Å². The smallest absolute Gasteiger partial charge is 0.265 e. The average Bonchev–Trinajstić information content (AvgIpc) is 2.75. The molecule has 3 rings (SSSR count). The van der Waals surface area contributed by atoms with Crippen LogP contribution >= 0.6 is 11.6 Å². The van der Waals surface area contributed by atoms with Gasteiger partial charge in [0, 0.05) is 0 Å². The lowest BCUT2D eigenvalue weighted by Gasteiger charge is -2.11. The fourth-order valence-corrected chi connectivity index (χ4v) is 2.68. The molecule has 6 nitrogen and oxygen atoms in total. The number of amides is 1. The SMILES string of the molecule is N/C(=N\OCC(=O)Nc1ccccc1Cl)c1ccccc1OCc1ccccc1. The summed E-state index contributed by atoms with van der Waals surface area (Å²) in [6, 6.07) is 23.9. The van der Waals surface area contributed by atoms with Crippen LogP contribution in [-0.4, -0.2) is 18.3 Å². The van der Waals surface area contributed by atoms with Gasteiger partial charge in [0.05, 0.1) is 16.3 Å². The molecule has 3 aromatic carbocycles. The van der Waals surface area contributed by atoms with Crippen molar-refractivity contribution in [1.29, 1.82) is 0 Å². The van der Waals surface area contributed by atoms with Crippen molar-refractivity contribution < 1.29 is 14.4 Å². The molecule has 0 radical (unpaired) electrons. The summed E-state index contributed by atoms with van der Waals surface area (Å²) in [5.74, 6) is 0.282. The number of benzene rings is 3. The molecule has 0 saturated carbocycles. The third kappa shape index (κ3) is 5.99. The van der Waals surface area contributed by atoms with Gasteiger partial charge in [-0.2, -0.15) is 0 Å². The quantitative estimate of drug-likeness (QED) is 0.332. The topological polar surface area (TPSA) is 85.9 Å². The number of nitrogens with one attached hydrogen (secondary N) is 1. The normalized spacial score (nSPS) is 11.0. The number of ether oxygens (including phenoxy) is 1. The zero-order chi connectivity index (χ0) is 20.5. The molecule has 0 heterocycles. The number of nitrogens with two attached hydrogens (primary N) is 1. The fraction of sp³-hybridized carbons (Fsp3) is 0.0909. The summed E-state index contributed by atoms with van der Waals surface area (Å²) in [6.07, 6.45) is 0. The predicted molar refractivity (Wildman–Crippen MR) is 114 cm³/mol. The zero-order valence-electron chi connectivity index (χ0n) is 15.5. The number of anilines is 1. The summed E-state index contributed by atoms with van der Waals surface area (Å²) >= 11 is 6.01. The molecular formula is C22H20ClN3O3. The molecular weight excluding hydrogens is 390 g/mol. The average molecular weight is 410 g/mol. The number of carbonyl (C=O) groups is 1. The molecule has 0 bridgehead atoms. The van der Waals surface area contributed by atoms with E-state index in [4.69, 9.17) is 26.9 Å². The molecule has 0 aromatic heterocycles. The van der Waals surface area contributed by atoms with E-state index in [0.29, 0.717) is 28.6 Å². The number of rotatable bonds is 8. The van der Waals surface area contributed by atoms with E-state index < -0.39 is 5.91 Å². The number of amidine groups is 1. The second kappa shape index (κ2) is 10.1. The fourth-order valence-electron chi connectivity index (χ4n) is 2.50. The number of hydrogen-bond donors (Lipinski definition) is 2. The van der Waals surface area contributed by atoms with Crippen LogP contribution in [0.1, 0.15) is 11.1 Å². The van der Waals surface area contributed by atoms with E-state index in [2.05, 4.69) is 10.5 Å². The highest BCUT2D eigenvalue weighted by atomic mass is 35.5. The van der Waals surface area contributed by atoms with Crippen molar-refractivity contribution in [2.75, 3.05) is 11.9 Å². The Morgan fingerprint density at radius 1 is 0.966 bits per heavy atom. The summed E-state index contributed by atoms with van der Waals surface area (Å²) in [5.41, 5.74) is 8.13. The van der Waals surface area contributed by atoms with Crippen molar-refractivity contribution >= 4 is 29.0 Å². The van der Waals surface area contributed by atoms with Gasteiger partial charge in [-0.25, -0.2) is 0 Å². The Morgan fingerprint density at radius 2 is 1.66 bits per heavy atom. The third-order valence-corrected chi connectivity index (χ3v) is 4.24. The van der Waals surface area contributed by atoms with Crippen LogP contribution < -0.4 is 15.8 Å². The Bertz CT molecular complexity index is 993.